The van der Waals surface area contributed by atoms with Crippen LogP contribution in [0.2, 0.25) is 0 Å². The lowest BCUT2D eigenvalue weighted by atomic mass is 10.2. The summed E-state index contributed by atoms with van der Waals surface area (Å²) in [5.41, 5.74) is 0.906. The highest BCUT2D eigenvalue weighted by atomic mass is 32.1. The first-order chi connectivity index (χ1) is 14.7. The molecule has 0 aliphatic rings. The van der Waals surface area contributed by atoms with Gasteiger partial charge in [-0.1, -0.05) is 13.0 Å². The summed E-state index contributed by atoms with van der Waals surface area (Å²) in [6.45, 7) is 6.81. The van der Waals surface area contributed by atoms with Crippen LogP contribution in [0.5, 0.6) is 0 Å². The number of carbonyl (C=O) groups excluding carboxylic acids is 1. The van der Waals surface area contributed by atoms with Crippen LogP contribution in [0.15, 0.2) is 60.4 Å². The van der Waals surface area contributed by atoms with Gasteiger partial charge in [-0.05, 0) is 49.1 Å². The molecule has 0 aromatic carbocycles. The summed E-state index contributed by atoms with van der Waals surface area (Å²) in [5.74, 6) is -0.0399. The SMILES string of the molecule is CC[C@H](C)N(CCNC(=O)c1sc2ncccc2c1-n1cccc1)Cc1cccs1. The first kappa shape index (κ1) is 20.8. The Morgan fingerprint density at radius 1 is 1.23 bits per heavy atom. The van der Waals surface area contributed by atoms with Crippen LogP contribution in [0.25, 0.3) is 15.9 Å². The Bertz CT molecular complexity index is 1090. The van der Waals surface area contributed by atoms with Gasteiger partial charge in [0, 0.05) is 54.5 Å². The highest BCUT2D eigenvalue weighted by molar-refractivity contribution is 7.21. The fourth-order valence-electron chi connectivity index (χ4n) is 3.52. The maximum absolute atomic E-state index is 13.1. The molecule has 0 fully saturated rings. The smallest absolute Gasteiger partial charge is 0.263 e. The monoisotopic (exact) mass is 438 g/mol. The van der Waals surface area contributed by atoms with E-state index in [9.17, 15) is 4.79 Å². The van der Waals surface area contributed by atoms with Crippen LogP contribution in [0, 0.1) is 0 Å². The van der Waals surface area contributed by atoms with Crippen molar-refractivity contribution in [3.63, 3.8) is 0 Å². The minimum atomic E-state index is -0.0399. The van der Waals surface area contributed by atoms with E-state index in [-0.39, 0.29) is 5.91 Å². The summed E-state index contributed by atoms with van der Waals surface area (Å²) >= 11 is 3.23. The third-order valence-corrected chi connectivity index (χ3v) is 7.31. The fraction of sp³-hybridized carbons (Fsp3) is 0.304. The van der Waals surface area contributed by atoms with Crippen LogP contribution < -0.4 is 5.32 Å². The molecule has 1 amide bonds. The molecule has 4 rings (SSSR count). The summed E-state index contributed by atoms with van der Waals surface area (Å²) in [6, 6.07) is 12.6. The second kappa shape index (κ2) is 9.55. The number of thiophene rings is 2. The second-order valence-corrected chi connectivity index (χ2v) is 9.32. The lowest BCUT2D eigenvalue weighted by molar-refractivity contribution is 0.0947. The molecular formula is C23H26N4OS2. The molecule has 0 aliphatic heterocycles. The van der Waals surface area contributed by atoms with Gasteiger partial charge in [0.1, 0.15) is 9.71 Å². The predicted octanol–water partition coefficient (Wildman–Crippen LogP) is 5.18. The number of rotatable bonds is 9. The average Bonchev–Trinajstić information content (AvgIpc) is 3.52. The molecule has 1 N–H and O–H groups in total. The lowest BCUT2D eigenvalue weighted by Crippen LogP contribution is -2.39. The zero-order valence-electron chi connectivity index (χ0n) is 17.2. The van der Waals surface area contributed by atoms with Gasteiger partial charge in [-0.3, -0.25) is 9.69 Å². The number of carbonyl (C=O) groups is 1. The van der Waals surface area contributed by atoms with Gasteiger partial charge in [-0.15, -0.1) is 22.7 Å². The van der Waals surface area contributed by atoms with Gasteiger partial charge in [0.15, 0.2) is 0 Å². The standard InChI is InChI=1S/C23H26N4OS2/c1-3-17(2)27(16-18-8-7-15-29-18)14-11-24-22(28)21-20(26-12-4-5-13-26)19-9-6-10-25-23(19)30-21/h4-10,12-13,15,17H,3,11,14,16H2,1-2H3,(H,24,28)/t17-/m0/s1. The molecule has 0 radical (unpaired) electrons. The van der Waals surface area contributed by atoms with Crippen LogP contribution in [-0.4, -0.2) is 39.5 Å². The normalized spacial score (nSPS) is 12.5. The van der Waals surface area contributed by atoms with E-state index < -0.39 is 0 Å². The van der Waals surface area contributed by atoms with Crippen molar-refractivity contribution in [2.45, 2.75) is 32.9 Å². The Kier molecular flexibility index (Phi) is 6.62. The Morgan fingerprint density at radius 2 is 2.07 bits per heavy atom. The number of hydrogen-bond acceptors (Lipinski definition) is 5. The topological polar surface area (TPSA) is 50.2 Å². The van der Waals surface area contributed by atoms with Crippen LogP contribution >= 0.6 is 22.7 Å². The summed E-state index contributed by atoms with van der Waals surface area (Å²) in [6.07, 6.45) is 6.79. The first-order valence-corrected chi connectivity index (χ1v) is 11.9. The minimum absolute atomic E-state index is 0.0399. The van der Waals surface area contributed by atoms with Gasteiger partial charge < -0.3 is 9.88 Å². The third-order valence-electron chi connectivity index (χ3n) is 5.35. The van der Waals surface area contributed by atoms with Crippen molar-refractivity contribution in [3.05, 3.63) is 70.1 Å². The van der Waals surface area contributed by atoms with Crippen LogP contribution in [-0.2, 0) is 6.54 Å². The molecule has 0 unspecified atom stereocenters. The van der Waals surface area contributed by atoms with Crippen molar-refractivity contribution in [2.75, 3.05) is 13.1 Å². The van der Waals surface area contributed by atoms with E-state index in [2.05, 4.69) is 46.6 Å². The molecule has 7 heteroatoms. The molecular weight excluding hydrogens is 412 g/mol. The molecule has 0 saturated heterocycles. The van der Waals surface area contributed by atoms with Gasteiger partial charge in [0.25, 0.3) is 5.91 Å². The second-order valence-electron chi connectivity index (χ2n) is 7.29. The van der Waals surface area contributed by atoms with E-state index in [1.165, 1.54) is 16.2 Å². The van der Waals surface area contributed by atoms with Crippen molar-refractivity contribution < 1.29 is 4.79 Å². The van der Waals surface area contributed by atoms with Crippen molar-refractivity contribution in [1.82, 2.24) is 19.8 Å². The molecule has 0 aliphatic carbocycles. The summed E-state index contributed by atoms with van der Waals surface area (Å²) in [4.78, 5) is 22.9. The summed E-state index contributed by atoms with van der Waals surface area (Å²) in [5, 5.41) is 6.26. The highest BCUT2D eigenvalue weighted by Crippen LogP contribution is 2.33. The van der Waals surface area contributed by atoms with Crippen molar-refractivity contribution in [2.24, 2.45) is 0 Å². The van der Waals surface area contributed by atoms with E-state index in [4.69, 9.17) is 0 Å². The van der Waals surface area contributed by atoms with E-state index in [0.717, 1.165) is 35.4 Å². The Balaban J connectivity index is 1.49. The molecule has 0 saturated carbocycles. The maximum atomic E-state index is 13.1. The molecule has 4 heterocycles. The van der Waals surface area contributed by atoms with E-state index >= 15 is 0 Å². The molecule has 5 nitrogen and oxygen atoms in total. The van der Waals surface area contributed by atoms with Crippen molar-refractivity contribution >= 4 is 38.8 Å². The number of hydrogen-bond donors (Lipinski definition) is 1. The predicted molar refractivity (Wildman–Crippen MR) is 126 cm³/mol. The van der Waals surface area contributed by atoms with Crippen LogP contribution in [0.4, 0.5) is 0 Å². The van der Waals surface area contributed by atoms with Gasteiger partial charge in [-0.2, -0.15) is 0 Å². The minimum Gasteiger partial charge on any atom is -0.350 e. The van der Waals surface area contributed by atoms with Gasteiger partial charge >= 0.3 is 0 Å². The molecule has 0 spiro atoms. The molecule has 0 bridgehead atoms. The van der Waals surface area contributed by atoms with Crippen molar-refractivity contribution in [1.29, 1.82) is 0 Å². The molecule has 1 atom stereocenters. The summed E-state index contributed by atoms with van der Waals surface area (Å²) in [7, 11) is 0. The molecule has 156 valence electrons. The Morgan fingerprint density at radius 3 is 2.80 bits per heavy atom. The summed E-state index contributed by atoms with van der Waals surface area (Å²) < 4.78 is 2.00. The number of amides is 1. The zero-order valence-corrected chi connectivity index (χ0v) is 18.9. The zero-order chi connectivity index (χ0) is 20.9. The van der Waals surface area contributed by atoms with Gasteiger partial charge in [0.05, 0.1) is 5.69 Å². The first-order valence-electron chi connectivity index (χ1n) is 10.2. The average molecular weight is 439 g/mol. The highest BCUT2D eigenvalue weighted by Gasteiger charge is 2.20. The largest absolute Gasteiger partial charge is 0.350 e. The lowest BCUT2D eigenvalue weighted by Gasteiger charge is -2.28. The fourth-order valence-corrected chi connectivity index (χ4v) is 5.31. The number of nitrogens with one attached hydrogen (secondary N) is 1. The van der Waals surface area contributed by atoms with Crippen molar-refractivity contribution in [3.8, 4) is 5.69 Å². The molecule has 4 aromatic heterocycles. The molecule has 30 heavy (non-hydrogen) atoms. The third kappa shape index (κ3) is 4.48. The van der Waals surface area contributed by atoms with Gasteiger partial charge in [-0.25, -0.2) is 4.98 Å². The van der Waals surface area contributed by atoms with E-state index in [1.807, 2.05) is 41.2 Å². The number of fused-ring (bicyclic) bond motifs is 1. The van der Waals surface area contributed by atoms with E-state index in [1.54, 1.807) is 17.5 Å². The van der Waals surface area contributed by atoms with Crippen LogP contribution in [0.3, 0.4) is 0 Å². The number of nitrogens with zero attached hydrogens (tertiary/aromatic N) is 3. The number of pyridine rings is 1. The molecule has 4 aromatic rings. The number of aromatic nitrogens is 2. The van der Waals surface area contributed by atoms with Crippen LogP contribution in [0.1, 0.15) is 34.8 Å². The van der Waals surface area contributed by atoms with E-state index in [0.29, 0.717) is 17.5 Å². The Labute approximate surface area is 185 Å². The van der Waals surface area contributed by atoms with Gasteiger partial charge in [0.2, 0.25) is 0 Å². The quantitative estimate of drug-likeness (QED) is 0.392. The maximum Gasteiger partial charge on any atom is 0.263 e. The Hall–Kier alpha value is -2.48.